The fraction of sp³-hybridized carbons (Fsp3) is 0.800. The van der Waals surface area contributed by atoms with Gasteiger partial charge in [-0.2, -0.15) is 23.5 Å². The van der Waals surface area contributed by atoms with Crippen molar-refractivity contribution >= 4 is 47.4 Å². The number of hydrazine groups is 2. The topological polar surface area (TPSA) is 192 Å². The Labute approximate surface area is 207 Å². The summed E-state index contributed by atoms with van der Waals surface area (Å²) in [6, 6.07) is 0.988. The number of carbonyl (C=O) groups excluding carboxylic acids is 4. The van der Waals surface area contributed by atoms with Crippen LogP contribution in [0.5, 0.6) is 0 Å². The predicted molar refractivity (Wildman–Crippen MR) is 133 cm³/mol. The molecule has 34 heavy (non-hydrogen) atoms. The molecule has 4 aliphatic rings. The van der Waals surface area contributed by atoms with Crippen LogP contribution >= 0.6 is 23.5 Å². The average molecular weight is 517 g/mol. The molecule has 0 bridgehead atoms. The van der Waals surface area contributed by atoms with E-state index in [1.165, 1.54) is 0 Å². The maximum atomic E-state index is 11.2. The van der Waals surface area contributed by atoms with Crippen LogP contribution in [0.4, 0.5) is 9.59 Å². The van der Waals surface area contributed by atoms with Gasteiger partial charge in [-0.15, -0.1) is 0 Å². The van der Waals surface area contributed by atoms with Crippen LogP contribution in [0.25, 0.3) is 0 Å². The first-order chi connectivity index (χ1) is 16.4. The summed E-state index contributed by atoms with van der Waals surface area (Å²) in [5, 5.41) is 12.7. The van der Waals surface area contributed by atoms with E-state index in [1.807, 2.05) is 23.5 Å². The zero-order chi connectivity index (χ0) is 24.5. The van der Waals surface area contributed by atoms with Gasteiger partial charge < -0.3 is 21.3 Å². The first kappa shape index (κ1) is 26.7. The van der Waals surface area contributed by atoms with Gasteiger partial charge >= 0.3 is 12.1 Å². The molecule has 4 aliphatic heterocycles. The Hall–Kier alpha value is -1.90. The molecule has 10 N–H and O–H groups in total. The monoisotopic (exact) mass is 516 g/mol. The number of unbranched alkanes of at least 4 members (excludes halogenated alkanes) is 2. The molecule has 0 aromatic rings. The van der Waals surface area contributed by atoms with Gasteiger partial charge in [0.2, 0.25) is 11.8 Å². The zero-order valence-electron chi connectivity index (χ0n) is 19.1. The lowest BCUT2D eigenvalue weighted by atomic mass is 10.0. The summed E-state index contributed by atoms with van der Waals surface area (Å²) in [6.45, 7) is 0. The van der Waals surface area contributed by atoms with Crippen LogP contribution in [0.1, 0.15) is 51.4 Å². The van der Waals surface area contributed by atoms with E-state index in [1.54, 1.807) is 0 Å². The molecule has 4 heterocycles. The molecule has 4 fully saturated rings. The van der Waals surface area contributed by atoms with Gasteiger partial charge in [-0.1, -0.05) is 12.8 Å². The van der Waals surface area contributed by atoms with Gasteiger partial charge in [0, 0.05) is 34.8 Å². The maximum absolute atomic E-state index is 11.2. The predicted octanol–water partition coefficient (Wildman–Crippen LogP) is -0.596. The summed E-state index contributed by atoms with van der Waals surface area (Å²) in [7, 11) is 0. The maximum Gasteiger partial charge on any atom is 0.315 e. The van der Waals surface area contributed by atoms with Crippen molar-refractivity contribution < 1.29 is 19.2 Å². The van der Waals surface area contributed by atoms with E-state index in [-0.39, 0.29) is 48.0 Å². The van der Waals surface area contributed by atoms with E-state index >= 15 is 0 Å². The van der Waals surface area contributed by atoms with Crippen molar-refractivity contribution in [3.8, 4) is 0 Å². The Morgan fingerprint density at radius 3 is 1.53 bits per heavy atom. The largest absolute Gasteiger partial charge is 0.332 e. The summed E-state index contributed by atoms with van der Waals surface area (Å²) in [5.41, 5.74) is 4.25. The highest BCUT2D eigenvalue weighted by Gasteiger charge is 2.43. The number of carbonyl (C=O) groups is 4. The lowest BCUT2D eigenvalue weighted by Gasteiger charge is -2.16. The minimum Gasteiger partial charge on any atom is -0.332 e. The molecule has 4 rings (SSSR count). The lowest BCUT2D eigenvalue weighted by molar-refractivity contribution is -0.122. The molecule has 6 atom stereocenters. The van der Waals surface area contributed by atoms with Gasteiger partial charge in [0.1, 0.15) is 0 Å². The molecule has 12 nitrogen and oxygen atoms in total. The fourth-order valence-electron chi connectivity index (χ4n) is 4.69. The molecule has 192 valence electrons. The molecule has 0 aromatic carbocycles. The number of rotatable bonds is 10. The van der Waals surface area contributed by atoms with Crippen LogP contribution < -0.4 is 43.8 Å². The highest BCUT2D eigenvalue weighted by molar-refractivity contribution is 8.00. The summed E-state index contributed by atoms with van der Waals surface area (Å²) in [5.74, 6) is 11.7. The van der Waals surface area contributed by atoms with E-state index in [9.17, 15) is 19.2 Å². The van der Waals surface area contributed by atoms with Crippen LogP contribution in [-0.2, 0) is 9.59 Å². The molecular weight excluding hydrogens is 480 g/mol. The highest BCUT2D eigenvalue weighted by atomic mass is 32.2. The number of thioether (sulfide) groups is 2. The minimum absolute atomic E-state index is 0.0483. The standard InChI is InChI=1S/2C10H18N4O2S/c2*11-14-8(15)4-2-1-3-7-9-6(5-17-7)12-10(16)13-9/h2*6-7,9H,1-5,11H2,(H,14,15)(H2,12,13,16)/t2*6-,7-,9-/m00/s1. The van der Waals surface area contributed by atoms with Crippen molar-refractivity contribution in [3.63, 3.8) is 0 Å². The van der Waals surface area contributed by atoms with Gasteiger partial charge in [-0.05, 0) is 25.7 Å². The number of fused-ring (bicyclic) bond motifs is 2. The summed E-state index contributed by atoms with van der Waals surface area (Å²) >= 11 is 3.80. The van der Waals surface area contributed by atoms with Crippen molar-refractivity contribution in [1.29, 1.82) is 0 Å². The highest BCUT2D eigenvalue weighted by Crippen LogP contribution is 2.34. The third-order valence-corrected chi connectivity index (χ3v) is 9.50. The van der Waals surface area contributed by atoms with Crippen LogP contribution in [0.2, 0.25) is 0 Å². The average Bonchev–Trinajstić information content (AvgIpc) is 3.56. The van der Waals surface area contributed by atoms with E-state index in [0.717, 1.165) is 50.0 Å². The molecule has 0 radical (unpaired) electrons. The lowest BCUT2D eigenvalue weighted by Crippen LogP contribution is -2.36. The third kappa shape index (κ3) is 7.55. The van der Waals surface area contributed by atoms with Crippen molar-refractivity contribution in [2.45, 2.75) is 86.0 Å². The Bertz CT molecular complexity index is 685. The molecule has 0 saturated carbocycles. The molecule has 14 heteroatoms. The van der Waals surface area contributed by atoms with E-state index in [2.05, 4.69) is 32.1 Å². The van der Waals surface area contributed by atoms with Crippen LogP contribution in [0, 0.1) is 0 Å². The molecule has 0 spiro atoms. The van der Waals surface area contributed by atoms with E-state index in [4.69, 9.17) is 11.7 Å². The fourth-order valence-corrected chi connectivity index (χ4v) is 7.78. The number of amides is 6. The molecule has 4 saturated heterocycles. The SMILES string of the molecule is NNC(=O)CCCC[C@@H]1SC[C@@H]2NC(=O)N[C@@H]21.NNC(=O)CCCC[C@@H]1SC[C@@H]2NC(=O)N[C@@H]21. The Morgan fingerprint density at radius 2 is 1.15 bits per heavy atom. The smallest absolute Gasteiger partial charge is 0.315 e. The summed E-state index contributed by atoms with van der Waals surface area (Å²) < 4.78 is 0. The first-order valence-electron chi connectivity index (χ1n) is 11.8. The Balaban J connectivity index is 0.000000191. The summed E-state index contributed by atoms with van der Waals surface area (Å²) in [6.07, 6.45) is 6.70. The Kier molecular flexibility index (Phi) is 10.4. The number of nitrogens with one attached hydrogen (secondary N) is 6. The normalized spacial score (nSPS) is 30.6. The molecule has 0 unspecified atom stereocenters. The van der Waals surface area contributed by atoms with Gasteiger partial charge in [-0.25, -0.2) is 21.3 Å². The van der Waals surface area contributed by atoms with Gasteiger partial charge in [0.05, 0.1) is 24.2 Å². The van der Waals surface area contributed by atoms with Crippen molar-refractivity contribution in [2.75, 3.05) is 11.5 Å². The van der Waals surface area contributed by atoms with E-state index < -0.39 is 0 Å². The molecular formula is C20H36N8O4S2. The van der Waals surface area contributed by atoms with E-state index in [0.29, 0.717) is 23.3 Å². The molecule has 0 aliphatic carbocycles. The summed E-state index contributed by atoms with van der Waals surface area (Å²) in [4.78, 5) is 44.2. The van der Waals surface area contributed by atoms with Crippen LogP contribution in [0.3, 0.4) is 0 Å². The third-order valence-electron chi connectivity index (χ3n) is 6.48. The number of nitrogens with two attached hydrogens (primary N) is 2. The Morgan fingerprint density at radius 1 is 0.735 bits per heavy atom. The van der Waals surface area contributed by atoms with Crippen LogP contribution in [0.15, 0.2) is 0 Å². The van der Waals surface area contributed by atoms with Crippen molar-refractivity contribution in [2.24, 2.45) is 11.7 Å². The van der Waals surface area contributed by atoms with Gasteiger partial charge in [-0.3, -0.25) is 20.4 Å². The second-order valence-electron chi connectivity index (χ2n) is 8.87. The van der Waals surface area contributed by atoms with Crippen LogP contribution in [-0.4, -0.2) is 70.0 Å². The van der Waals surface area contributed by atoms with Crippen molar-refractivity contribution in [3.05, 3.63) is 0 Å². The second-order valence-corrected chi connectivity index (χ2v) is 11.4. The molecule has 0 aromatic heterocycles. The minimum atomic E-state index is -0.113. The number of hydrogen-bond acceptors (Lipinski definition) is 8. The number of hydrogen-bond donors (Lipinski definition) is 8. The second kappa shape index (κ2) is 13.3. The zero-order valence-corrected chi connectivity index (χ0v) is 20.8. The number of urea groups is 2. The van der Waals surface area contributed by atoms with Gasteiger partial charge in [0.25, 0.3) is 0 Å². The van der Waals surface area contributed by atoms with Crippen molar-refractivity contribution in [1.82, 2.24) is 32.1 Å². The first-order valence-corrected chi connectivity index (χ1v) is 13.9. The molecule has 6 amide bonds. The quantitative estimate of drug-likeness (QED) is 0.0620. The van der Waals surface area contributed by atoms with Gasteiger partial charge in [0.15, 0.2) is 0 Å².